The zero-order valence-corrected chi connectivity index (χ0v) is 17.0. The molecule has 0 aliphatic heterocycles. The van der Waals surface area contributed by atoms with E-state index in [1.54, 1.807) is 36.4 Å². The molecular formula is C24H14Cl2N2O2. The zero-order chi connectivity index (χ0) is 21.1. The van der Waals surface area contributed by atoms with Crippen molar-refractivity contribution < 1.29 is 9.21 Å². The summed E-state index contributed by atoms with van der Waals surface area (Å²) in [4.78, 5) is 12.7. The van der Waals surface area contributed by atoms with Gasteiger partial charge >= 0.3 is 0 Å². The Kier molecular flexibility index (Phi) is 5.58. The number of nitrogens with one attached hydrogen (secondary N) is 1. The minimum absolute atomic E-state index is 0.0824. The third kappa shape index (κ3) is 4.08. The molecule has 0 bridgehead atoms. The molecule has 1 amide bonds. The number of hydrogen-bond donors (Lipinski definition) is 1. The summed E-state index contributed by atoms with van der Waals surface area (Å²) in [5.74, 6) is 0.318. The molecule has 0 spiro atoms. The standard InChI is InChI=1S/C24H14Cl2N2O2/c25-17-8-10-21(26)20(13-17)23-11-9-18(30-23)12-16(14-27)24(29)28-22-7-3-5-15-4-1-2-6-19(15)22/h1-13H,(H,28,29)/b16-12+. The molecule has 3 aromatic carbocycles. The normalized spacial score (nSPS) is 11.3. The molecule has 0 fully saturated rings. The summed E-state index contributed by atoms with van der Waals surface area (Å²) in [5.41, 5.74) is 1.17. The predicted molar refractivity (Wildman–Crippen MR) is 120 cm³/mol. The van der Waals surface area contributed by atoms with Gasteiger partial charge in [0.25, 0.3) is 5.91 Å². The quantitative estimate of drug-likeness (QED) is 0.280. The van der Waals surface area contributed by atoms with E-state index in [0.29, 0.717) is 32.8 Å². The average Bonchev–Trinajstić information content (AvgIpc) is 3.22. The molecular weight excluding hydrogens is 419 g/mol. The highest BCUT2D eigenvalue weighted by Gasteiger charge is 2.14. The number of fused-ring (bicyclic) bond motifs is 1. The molecule has 0 unspecified atom stereocenters. The summed E-state index contributed by atoms with van der Waals surface area (Å²) >= 11 is 12.2. The van der Waals surface area contributed by atoms with Crippen LogP contribution in [-0.4, -0.2) is 5.91 Å². The molecule has 0 aliphatic carbocycles. The van der Waals surface area contributed by atoms with E-state index >= 15 is 0 Å². The molecule has 4 aromatic rings. The van der Waals surface area contributed by atoms with Gasteiger partial charge < -0.3 is 9.73 Å². The van der Waals surface area contributed by atoms with Crippen molar-refractivity contribution >= 4 is 51.6 Å². The maximum absolute atomic E-state index is 12.7. The summed E-state index contributed by atoms with van der Waals surface area (Å²) in [7, 11) is 0. The lowest BCUT2D eigenvalue weighted by Gasteiger charge is -2.08. The number of anilines is 1. The minimum atomic E-state index is -0.521. The second-order valence-corrected chi connectivity index (χ2v) is 7.32. The first-order valence-electron chi connectivity index (χ1n) is 9.01. The van der Waals surface area contributed by atoms with E-state index in [1.807, 2.05) is 42.5 Å². The van der Waals surface area contributed by atoms with Gasteiger partial charge in [-0.3, -0.25) is 4.79 Å². The maximum Gasteiger partial charge on any atom is 0.266 e. The van der Waals surface area contributed by atoms with Crippen molar-refractivity contribution in [2.75, 3.05) is 5.32 Å². The fraction of sp³-hybridized carbons (Fsp3) is 0. The Balaban J connectivity index is 1.61. The lowest BCUT2D eigenvalue weighted by atomic mass is 10.1. The summed E-state index contributed by atoms with van der Waals surface area (Å²) in [6.45, 7) is 0. The van der Waals surface area contributed by atoms with Crippen LogP contribution in [0.3, 0.4) is 0 Å². The Labute approximate surface area is 183 Å². The van der Waals surface area contributed by atoms with Gasteiger partial charge in [-0.25, -0.2) is 0 Å². The fourth-order valence-electron chi connectivity index (χ4n) is 3.08. The van der Waals surface area contributed by atoms with Crippen LogP contribution in [0.25, 0.3) is 28.2 Å². The number of rotatable bonds is 4. The van der Waals surface area contributed by atoms with Crippen LogP contribution in [-0.2, 0) is 4.79 Å². The van der Waals surface area contributed by atoms with E-state index in [9.17, 15) is 10.1 Å². The molecule has 0 saturated carbocycles. The SMILES string of the molecule is N#C/C(=C\c1ccc(-c2cc(Cl)ccc2Cl)o1)C(=O)Nc1cccc2ccccc12. The number of benzene rings is 3. The van der Waals surface area contributed by atoms with Crippen LogP contribution in [0.5, 0.6) is 0 Å². The Morgan fingerprint density at radius 2 is 1.80 bits per heavy atom. The molecule has 0 atom stereocenters. The smallest absolute Gasteiger partial charge is 0.266 e. The highest BCUT2D eigenvalue weighted by Crippen LogP contribution is 2.32. The van der Waals surface area contributed by atoms with Gasteiger partial charge in [-0.2, -0.15) is 5.26 Å². The molecule has 0 saturated heterocycles. The second-order valence-electron chi connectivity index (χ2n) is 6.48. The fourth-order valence-corrected chi connectivity index (χ4v) is 3.46. The van der Waals surface area contributed by atoms with Gasteiger partial charge in [-0.15, -0.1) is 0 Å². The lowest BCUT2D eigenvalue weighted by molar-refractivity contribution is -0.112. The van der Waals surface area contributed by atoms with Gasteiger partial charge in [0.05, 0.1) is 5.02 Å². The first kappa shape index (κ1) is 19.8. The minimum Gasteiger partial charge on any atom is -0.457 e. The largest absolute Gasteiger partial charge is 0.457 e. The van der Waals surface area contributed by atoms with Crippen molar-refractivity contribution in [3.8, 4) is 17.4 Å². The van der Waals surface area contributed by atoms with Crippen molar-refractivity contribution in [3.05, 3.63) is 94.2 Å². The Morgan fingerprint density at radius 3 is 2.63 bits per heavy atom. The van der Waals surface area contributed by atoms with E-state index in [4.69, 9.17) is 27.6 Å². The molecule has 146 valence electrons. The van der Waals surface area contributed by atoms with E-state index in [1.165, 1.54) is 6.08 Å². The monoisotopic (exact) mass is 432 g/mol. The molecule has 1 heterocycles. The number of nitriles is 1. The molecule has 4 nitrogen and oxygen atoms in total. The van der Waals surface area contributed by atoms with Crippen LogP contribution in [0.4, 0.5) is 5.69 Å². The van der Waals surface area contributed by atoms with Gasteiger partial charge in [0.15, 0.2) is 0 Å². The van der Waals surface area contributed by atoms with E-state index in [0.717, 1.165) is 10.8 Å². The lowest BCUT2D eigenvalue weighted by Crippen LogP contribution is -2.13. The number of nitrogens with zero attached hydrogens (tertiary/aromatic N) is 1. The van der Waals surface area contributed by atoms with Gasteiger partial charge in [0.1, 0.15) is 23.2 Å². The molecule has 6 heteroatoms. The van der Waals surface area contributed by atoms with Crippen molar-refractivity contribution in [3.63, 3.8) is 0 Å². The second kappa shape index (κ2) is 8.46. The van der Waals surface area contributed by atoms with Crippen LogP contribution in [0.15, 0.2) is 82.8 Å². The molecule has 4 rings (SSSR count). The zero-order valence-electron chi connectivity index (χ0n) is 15.5. The number of halogens is 2. The molecule has 30 heavy (non-hydrogen) atoms. The van der Waals surface area contributed by atoms with Crippen LogP contribution < -0.4 is 5.32 Å². The highest BCUT2D eigenvalue weighted by atomic mass is 35.5. The summed E-state index contributed by atoms with van der Waals surface area (Å²) in [6, 6.07) is 23.6. The number of carbonyl (C=O) groups excluding carboxylic acids is 1. The van der Waals surface area contributed by atoms with Crippen molar-refractivity contribution in [1.82, 2.24) is 0 Å². The van der Waals surface area contributed by atoms with Crippen LogP contribution in [0, 0.1) is 11.3 Å². The van der Waals surface area contributed by atoms with Crippen molar-refractivity contribution in [2.45, 2.75) is 0 Å². The number of amides is 1. The third-order valence-corrected chi connectivity index (χ3v) is 5.07. The molecule has 0 radical (unpaired) electrons. The number of furan rings is 1. The number of carbonyl (C=O) groups is 1. The van der Waals surface area contributed by atoms with E-state index < -0.39 is 5.91 Å². The Bertz CT molecular complexity index is 1330. The van der Waals surface area contributed by atoms with Crippen molar-refractivity contribution in [2.24, 2.45) is 0 Å². The average molecular weight is 433 g/mol. The first-order chi connectivity index (χ1) is 14.5. The summed E-state index contributed by atoms with van der Waals surface area (Å²) < 4.78 is 5.76. The first-order valence-corrected chi connectivity index (χ1v) is 9.77. The summed E-state index contributed by atoms with van der Waals surface area (Å²) in [6.07, 6.45) is 1.39. The maximum atomic E-state index is 12.7. The van der Waals surface area contributed by atoms with E-state index in [2.05, 4.69) is 5.32 Å². The van der Waals surface area contributed by atoms with Crippen LogP contribution in [0.2, 0.25) is 10.0 Å². The van der Waals surface area contributed by atoms with Crippen LogP contribution >= 0.6 is 23.2 Å². The van der Waals surface area contributed by atoms with Gasteiger partial charge in [-0.05, 0) is 41.8 Å². The van der Waals surface area contributed by atoms with Gasteiger partial charge in [0, 0.05) is 27.7 Å². The van der Waals surface area contributed by atoms with Gasteiger partial charge in [-0.1, -0.05) is 59.6 Å². The Morgan fingerprint density at radius 1 is 1.00 bits per heavy atom. The molecule has 0 aliphatic rings. The van der Waals surface area contributed by atoms with Crippen LogP contribution in [0.1, 0.15) is 5.76 Å². The summed E-state index contributed by atoms with van der Waals surface area (Å²) in [5, 5.41) is 15.2. The third-order valence-electron chi connectivity index (χ3n) is 4.51. The predicted octanol–water partition coefficient (Wildman–Crippen LogP) is 6.95. The highest BCUT2D eigenvalue weighted by molar-refractivity contribution is 6.35. The van der Waals surface area contributed by atoms with E-state index in [-0.39, 0.29) is 5.57 Å². The molecule has 1 aromatic heterocycles. The van der Waals surface area contributed by atoms with Crippen molar-refractivity contribution in [1.29, 1.82) is 5.26 Å². The molecule has 1 N–H and O–H groups in total. The topological polar surface area (TPSA) is 66.0 Å². The number of hydrogen-bond acceptors (Lipinski definition) is 3. The Hall–Kier alpha value is -3.52. The van der Waals surface area contributed by atoms with Gasteiger partial charge in [0.2, 0.25) is 0 Å².